The number of methoxy groups -OCH3 is 1. The highest BCUT2D eigenvalue weighted by Crippen LogP contribution is 2.29. The molecule has 0 bridgehead atoms. The minimum Gasteiger partial charge on any atom is -0.480 e. The summed E-state index contributed by atoms with van der Waals surface area (Å²) in [7, 11) is 1.12. The van der Waals surface area contributed by atoms with E-state index in [1.165, 1.54) is 12.1 Å². The Morgan fingerprint density at radius 3 is 2.33 bits per heavy atom. The molecule has 3 N–H and O–H groups in total. The molecule has 0 unspecified atom stereocenters. The second-order valence-corrected chi connectivity index (χ2v) is 4.68. The molecule has 0 aliphatic rings. The van der Waals surface area contributed by atoms with Gasteiger partial charge in [0.15, 0.2) is 0 Å². The van der Waals surface area contributed by atoms with Crippen LogP contribution in [0.4, 0.5) is 10.5 Å². The Hall–Kier alpha value is -1.99. The highest BCUT2D eigenvalue weighted by atomic mass is 35.5. The third-order valence-corrected chi connectivity index (χ3v) is 3.03. The summed E-state index contributed by atoms with van der Waals surface area (Å²) in [6, 6.07) is 2.31. The standard InChI is InChI=1S/C12H12Cl2N2O5/c1-21-9(17)5-8(11(18)19)15-12(20)16-10-6(13)3-2-4-7(10)14/h2-4,8H,5H2,1H3,(H,18,19)(H2,15,16,20)/t8-/m0/s1. The molecular weight excluding hydrogens is 323 g/mol. The van der Waals surface area contributed by atoms with Gasteiger partial charge in [0.25, 0.3) is 0 Å². The molecule has 0 saturated heterocycles. The molecule has 0 heterocycles. The number of urea groups is 1. The number of carboxylic acids is 1. The number of nitrogens with one attached hydrogen (secondary N) is 2. The number of benzene rings is 1. The first-order valence-electron chi connectivity index (χ1n) is 5.66. The van der Waals surface area contributed by atoms with Crippen LogP contribution < -0.4 is 10.6 Å². The topological polar surface area (TPSA) is 105 Å². The van der Waals surface area contributed by atoms with Gasteiger partial charge >= 0.3 is 18.0 Å². The van der Waals surface area contributed by atoms with Crippen molar-refractivity contribution in [2.75, 3.05) is 12.4 Å². The number of carbonyl (C=O) groups is 3. The molecular formula is C12H12Cl2N2O5. The summed E-state index contributed by atoms with van der Waals surface area (Å²) in [4.78, 5) is 33.8. The van der Waals surface area contributed by atoms with Crippen LogP contribution in [0.25, 0.3) is 0 Å². The van der Waals surface area contributed by atoms with Crippen molar-refractivity contribution in [3.8, 4) is 0 Å². The first-order chi connectivity index (χ1) is 9.85. The van der Waals surface area contributed by atoms with E-state index in [1.54, 1.807) is 6.07 Å². The van der Waals surface area contributed by atoms with Crippen LogP contribution in [-0.2, 0) is 14.3 Å². The Labute approximate surface area is 130 Å². The van der Waals surface area contributed by atoms with Crippen LogP contribution in [0.2, 0.25) is 10.0 Å². The van der Waals surface area contributed by atoms with Crippen LogP contribution in [0.15, 0.2) is 18.2 Å². The van der Waals surface area contributed by atoms with Gasteiger partial charge < -0.3 is 20.5 Å². The molecule has 0 aliphatic carbocycles. The smallest absolute Gasteiger partial charge is 0.326 e. The summed E-state index contributed by atoms with van der Waals surface area (Å²) in [5, 5.41) is 13.8. The highest BCUT2D eigenvalue weighted by molar-refractivity contribution is 6.39. The quantitative estimate of drug-likeness (QED) is 0.715. The maximum atomic E-state index is 11.7. The van der Waals surface area contributed by atoms with E-state index in [9.17, 15) is 14.4 Å². The average Bonchev–Trinajstić information content (AvgIpc) is 2.42. The molecule has 9 heteroatoms. The number of hydrogen-bond donors (Lipinski definition) is 3. The van der Waals surface area contributed by atoms with Crippen molar-refractivity contribution in [1.82, 2.24) is 5.32 Å². The molecule has 0 aromatic heterocycles. The average molecular weight is 335 g/mol. The molecule has 0 radical (unpaired) electrons. The van der Waals surface area contributed by atoms with E-state index in [4.69, 9.17) is 28.3 Å². The number of rotatable bonds is 5. The zero-order valence-electron chi connectivity index (χ0n) is 10.9. The van der Waals surface area contributed by atoms with E-state index in [1.807, 2.05) is 0 Å². The normalized spacial score (nSPS) is 11.4. The van der Waals surface area contributed by atoms with Crippen molar-refractivity contribution in [2.45, 2.75) is 12.5 Å². The first kappa shape index (κ1) is 17.1. The number of anilines is 1. The second-order valence-electron chi connectivity index (χ2n) is 3.87. The van der Waals surface area contributed by atoms with Crippen molar-refractivity contribution in [2.24, 2.45) is 0 Å². The van der Waals surface area contributed by atoms with E-state index < -0.39 is 30.4 Å². The minimum absolute atomic E-state index is 0.139. The third-order valence-electron chi connectivity index (χ3n) is 2.40. The van der Waals surface area contributed by atoms with Crippen LogP contribution in [0.1, 0.15) is 6.42 Å². The van der Waals surface area contributed by atoms with Gasteiger partial charge in [0.2, 0.25) is 0 Å². The molecule has 0 aliphatic heterocycles. The lowest BCUT2D eigenvalue weighted by molar-refractivity contribution is -0.147. The minimum atomic E-state index is -1.43. The van der Waals surface area contributed by atoms with E-state index in [-0.39, 0.29) is 15.7 Å². The Morgan fingerprint density at radius 1 is 1.29 bits per heavy atom. The largest absolute Gasteiger partial charge is 0.480 e. The fourth-order valence-electron chi connectivity index (χ4n) is 1.38. The van der Waals surface area contributed by atoms with Crippen molar-refractivity contribution in [3.63, 3.8) is 0 Å². The van der Waals surface area contributed by atoms with Crippen molar-refractivity contribution in [3.05, 3.63) is 28.2 Å². The number of para-hydroxylation sites is 1. The van der Waals surface area contributed by atoms with Gasteiger partial charge in [-0.3, -0.25) is 4.79 Å². The van der Waals surface area contributed by atoms with Gasteiger partial charge in [-0.15, -0.1) is 0 Å². The number of esters is 1. The van der Waals surface area contributed by atoms with Gasteiger partial charge in [-0.25, -0.2) is 9.59 Å². The SMILES string of the molecule is COC(=O)C[C@H](NC(=O)Nc1c(Cl)cccc1Cl)C(=O)O. The summed E-state index contributed by atoms with van der Waals surface area (Å²) in [5.41, 5.74) is 0.139. The number of halogens is 2. The van der Waals surface area contributed by atoms with E-state index >= 15 is 0 Å². The van der Waals surface area contributed by atoms with Gasteiger partial charge in [0.1, 0.15) is 6.04 Å². The van der Waals surface area contributed by atoms with Crippen LogP contribution in [0, 0.1) is 0 Å². The van der Waals surface area contributed by atoms with Gasteiger partial charge in [0, 0.05) is 0 Å². The number of carbonyl (C=O) groups excluding carboxylic acids is 2. The second kappa shape index (κ2) is 7.70. The summed E-state index contributed by atoms with van der Waals surface area (Å²) in [6.07, 6.45) is -0.504. The van der Waals surface area contributed by atoms with Crippen molar-refractivity contribution in [1.29, 1.82) is 0 Å². The van der Waals surface area contributed by atoms with Gasteiger partial charge in [0.05, 0.1) is 29.3 Å². The molecule has 1 atom stereocenters. The fourth-order valence-corrected chi connectivity index (χ4v) is 1.87. The van der Waals surface area contributed by atoms with Crippen LogP contribution in [-0.4, -0.2) is 36.2 Å². The molecule has 1 rings (SSSR count). The maximum Gasteiger partial charge on any atom is 0.326 e. The van der Waals surface area contributed by atoms with Crippen molar-refractivity contribution >= 4 is 46.9 Å². The monoisotopic (exact) mass is 334 g/mol. The van der Waals surface area contributed by atoms with Gasteiger partial charge in [-0.05, 0) is 12.1 Å². The van der Waals surface area contributed by atoms with Crippen LogP contribution >= 0.6 is 23.2 Å². The molecule has 1 aromatic rings. The molecule has 114 valence electrons. The zero-order valence-corrected chi connectivity index (χ0v) is 12.4. The molecule has 0 fully saturated rings. The summed E-state index contributed by atoms with van der Waals surface area (Å²) in [6.45, 7) is 0. The Kier molecular flexibility index (Phi) is 6.26. The number of amides is 2. The third kappa shape index (κ3) is 5.13. The highest BCUT2D eigenvalue weighted by Gasteiger charge is 2.24. The van der Waals surface area contributed by atoms with E-state index in [0.29, 0.717) is 0 Å². The van der Waals surface area contributed by atoms with Crippen LogP contribution in [0.5, 0.6) is 0 Å². The Morgan fingerprint density at radius 2 is 1.86 bits per heavy atom. The molecule has 2 amide bonds. The van der Waals surface area contributed by atoms with Gasteiger partial charge in [-0.2, -0.15) is 0 Å². The summed E-state index contributed by atoms with van der Waals surface area (Å²) >= 11 is 11.7. The maximum absolute atomic E-state index is 11.7. The molecule has 0 spiro atoms. The molecule has 21 heavy (non-hydrogen) atoms. The van der Waals surface area contributed by atoms with E-state index in [0.717, 1.165) is 7.11 Å². The predicted molar refractivity (Wildman–Crippen MR) is 76.7 cm³/mol. The lowest BCUT2D eigenvalue weighted by atomic mass is 10.2. The lowest BCUT2D eigenvalue weighted by Crippen LogP contribution is -2.44. The summed E-state index contributed by atoms with van der Waals surface area (Å²) in [5.74, 6) is -2.14. The molecule has 0 saturated carbocycles. The Bertz CT molecular complexity index is 544. The van der Waals surface area contributed by atoms with Crippen LogP contribution in [0.3, 0.4) is 0 Å². The van der Waals surface area contributed by atoms with Crippen molar-refractivity contribution < 1.29 is 24.2 Å². The number of ether oxygens (including phenoxy) is 1. The predicted octanol–water partition coefficient (Wildman–Crippen LogP) is 2.13. The Balaban J connectivity index is 2.74. The number of aliphatic carboxylic acids is 1. The first-order valence-corrected chi connectivity index (χ1v) is 6.42. The number of carboxylic acid groups (broad SMARTS) is 1. The lowest BCUT2D eigenvalue weighted by Gasteiger charge is -2.15. The summed E-state index contributed by atoms with van der Waals surface area (Å²) < 4.78 is 4.35. The number of hydrogen-bond acceptors (Lipinski definition) is 4. The van der Waals surface area contributed by atoms with Gasteiger partial charge in [-0.1, -0.05) is 29.3 Å². The zero-order chi connectivity index (χ0) is 16.0. The fraction of sp³-hybridized carbons (Fsp3) is 0.250. The molecule has 7 nitrogen and oxygen atoms in total. The van der Waals surface area contributed by atoms with E-state index in [2.05, 4.69) is 15.4 Å². The molecule has 1 aromatic carbocycles.